The average molecular weight is 158 g/mol. The normalized spacial score (nSPS) is 24.3. The van der Waals surface area contributed by atoms with E-state index in [1.165, 1.54) is 19.3 Å². The quantitative estimate of drug-likeness (QED) is 0.647. The summed E-state index contributed by atoms with van der Waals surface area (Å²) in [5.74, 6) is 0.494. The molecule has 0 spiro atoms. The first-order chi connectivity index (χ1) is 5.17. The molecule has 66 valence electrons. The standard InChI is InChI=1S/C9H18O2/c1-9(11,6-3-7-10)8-4-2-5-8/h8,10-11H,2-7H2,1H3. The van der Waals surface area contributed by atoms with E-state index in [9.17, 15) is 5.11 Å². The summed E-state index contributed by atoms with van der Waals surface area (Å²) < 4.78 is 0. The first-order valence-electron chi connectivity index (χ1n) is 4.50. The molecule has 1 unspecified atom stereocenters. The van der Waals surface area contributed by atoms with Gasteiger partial charge in [-0.2, -0.15) is 0 Å². The molecule has 0 aliphatic heterocycles. The highest BCUT2D eigenvalue weighted by atomic mass is 16.3. The van der Waals surface area contributed by atoms with Gasteiger partial charge in [-0.15, -0.1) is 0 Å². The molecule has 0 aromatic rings. The highest BCUT2D eigenvalue weighted by Crippen LogP contribution is 2.38. The van der Waals surface area contributed by atoms with Crippen LogP contribution in [0.5, 0.6) is 0 Å². The molecule has 0 saturated heterocycles. The predicted molar refractivity (Wildman–Crippen MR) is 44.3 cm³/mol. The maximum atomic E-state index is 9.85. The Bertz CT molecular complexity index is 117. The lowest BCUT2D eigenvalue weighted by molar-refractivity contribution is -0.0447. The fourth-order valence-corrected chi connectivity index (χ4v) is 1.67. The van der Waals surface area contributed by atoms with E-state index >= 15 is 0 Å². The Hall–Kier alpha value is -0.0800. The number of hydrogen-bond acceptors (Lipinski definition) is 2. The Morgan fingerprint density at radius 1 is 1.45 bits per heavy atom. The maximum Gasteiger partial charge on any atom is 0.0648 e. The van der Waals surface area contributed by atoms with Gasteiger partial charge in [-0.3, -0.25) is 0 Å². The van der Waals surface area contributed by atoms with Gasteiger partial charge in [0, 0.05) is 6.61 Å². The molecule has 1 rings (SSSR count). The molecule has 0 aromatic heterocycles. The smallest absolute Gasteiger partial charge is 0.0648 e. The third kappa shape index (κ3) is 2.17. The van der Waals surface area contributed by atoms with Crippen LogP contribution in [0.3, 0.4) is 0 Å². The van der Waals surface area contributed by atoms with Crippen molar-refractivity contribution in [1.29, 1.82) is 0 Å². The van der Waals surface area contributed by atoms with Crippen molar-refractivity contribution in [2.45, 2.75) is 44.6 Å². The van der Waals surface area contributed by atoms with E-state index in [-0.39, 0.29) is 6.61 Å². The van der Waals surface area contributed by atoms with Gasteiger partial charge in [-0.05, 0) is 38.5 Å². The van der Waals surface area contributed by atoms with Gasteiger partial charge in [-0.25, -0.2) is 0 Å². The van der Waals surface area contributed by atoms with Crippen molar-refractivity contribution in [3.05, 3.63) is 0 Å². The summed E-state index contributed by atoms with van der Waals surface area (Å²) in [7, 11) is 0. The topological polar surface area (TPSA) is 40.5 Å². The second-order valence-corrected chi connectivity index (χ2v) is 3.81. The number of rotatable bonds is 4. The van der Waals surface area contributed by atoms with E-state index in [2.05, 4.69) is 0 Å². The van der Waals surface area contributed by atoms with Gasteiger partial charge >= 0.3 is 0 Å². The van der Waals surface area contributed by atoms with E-state index in [0.717, 1.165) is 12.8 Å². The minimum absolute atomic E-state index is 0.197. The van der Waals surface area contributed by atoms with Gasteiger partial charge in [-0.1, -0.05) is 6.42 Å². The van der Waals surface area contributed by atoms with Gasteiger partial charge in [0.1, 0.15) is 0 Å². The van der Waals surface area contributed by atoms with Crippen LogP contribution in [0.2, 0.25) is 0 Å². The highest BCUT2D eigenvalue weighted by molar-refractivity contribution is 4.87. The van der Waals surface area contributed by atoms with Crippen molar-refractivity contribution in [3.63, 3.8) is 0 Å². The van der Waals surface area contributed by atoms with Crippen LogP contribution in [0.1, 0.15) is 39.0 Å². The molecule has 2 nitrogen and oxygen atoms in total. The van der Waals surface area contributed by atoms with Crippen LogP contribution in [0, 0.1) is 5.92 Å². The molecule has 0 aromatic carbocycles. The third-order valence-electron chi connectivity index (χ3n) is 2.83. The van der Waals surface area contributed by atoms with Gasteiger partial charge < -0.3 is 10.2 Å². The lowest BCUT2D eigenvalue weighted by atomic mass is 9.72. The van der Waals surface area contributed by atoms with Crippen molar-refractivity contribution in [2.24, 2.45) is 5.92 Å². The third-order valence-corrected chi connectivity index (χ3v) is 2.83. The maximum absolute atomic E-state index is 9.85. The monoisotopic (exact) mass is 158 g/mol. The van der Waals surface area contributed by atoms with Gasteiger partial charge in [0.25, 0.3) is 0 Å². The molecular formula is C9H18O2. The minimum atomic E-state index is -0.513. The van der Waals surface area contributed by atoms with Crippen LogP contribution in [0.15, 0.2) is 0 Å². The molecule has 2 N–H and O–H groups in total. The van der Waals surface area contributed by atoms with Crippen molar-refractivity contribution >= 4 is 0 Å². The van der Waals surface area contributed by atoms with Crippen LogP contribution in [-0.2, 0) is 0 Å². The lowest BCUT2D eigenvalue weighted by Crippen LogP contribution is -2.38. The summed E-state index contributed by atoms with van der Waals surface area (Å²) in [6.07, 6.45) is 5.06. The molecule has 0 amide bonds. The van der Waals surface area contributed by atoms with Crippen LogP contribution in [0.4, 0.5) is 0 Å². The molecule has 2 heteroatoms. The second-order valence-electron chi connectivity index (χ2n) is 3.81. The summed E-state index contributed by atoms with van der Waals surface area (Å²) in [4.78, 5) is 0. The van der Waals surface area contributed by atoms with E-state index in [1.54, 1.807) is 0 Å². The zero-order valence-electron chi connectivity index (χ0n) is 7.21. The number of aliphatic hydroxyl groups is 2. The van der Waals surface area contributed by atoms with Crippen LogP contribution in [-0.4, -0.2) is 22.4 Å². The molecule has 1 saturated carbocycles. The fourth-order valence-electron chi connectivity index (χ4n) is 1.67. The molecule has 1 atom stereocenters. The molecule has 1 aliphatic rings. The van der Waals surface area contributed by atoms with Gasteiger partial charge in [0.05, 0.1) is 5.60 Å². The molecule has 0 bridgehead atoms. The zero-order chi connectivity index (χ0) is 8.32. The van der Waals surface area contributed by atoms with Crippen LogP contribution < -0.4 is 0 Å². The van der Waals surface area contributed by atoms with Crippen LogP contribution >= 0.6 is 0 Å². The Balaban J connectivity index is 2.25. The van der Waals surface area contributed by atoms with E-state index in [1.807, 2.05) is 6.92 Å². The van der Waals surface area contributed by atoms with Gasteiger partial charge in [0.2, 0.25) is 0 Å². The van der Waals surface area contributed by atoms with Crippen molar-refractivity contribution < 1.29 is 10.2 Å². The number of hydrogen-bond donors (Lipinski definition) is 2. The van der Waals surface area contributed by atoms with Crippen molar-refractivity contribution in [3.8, 4) is 0 Å². The highest BCUT2D eigenvalue weighted by Gasteiger charge is 2.35. The Morgan fingerprint density at radius 3 is 2.45 bits per heavy atom. The van der Waals surface area contributed by atoms with E-state index < -0.39 is 5.60 Å². The zero-order valence-corrected chi connectivity index (χ0v) is 7.21. The van der Waals surface area contributed by atoms with E-state index in [0.29, 0.717) is 5.92 Å². The Morgan fingerprint density at radius 2 is 2.09 bits per heavy atom. The average Bonchev–Trinajstić information content (AvgIpc) is 1.78. The first kappa shape index (κ1) is 9.01. The SMILES string of the molecule is CC(O)(CCCO)C1CCC1. The number of aliphatic hydroxyl groups excluding tert-OH is 1. The molecule has 1 fully saturated rings. The fraction of sp³-hybridized carbons (Fsp3) is 1.00. The van der Waals surface area contributed by atoms with E-state index in [4.69, 9.17) is 5.11 Å². The summed E-state index contributed by atoms with van der Waals surface area (Å²) >= 11 is 0. The summed E-state index contributed by atoms with van der Waals surface area (Å²) in [6, 6.07) is 0. The van der Waals surface area contributed by atoms with Crippen LogP contribution in [0.25, 0.3) is 0 Å². The molecule has 0 radical (unpaired) electrons. The summed E-state index contributed by atoms with van der Waals surface area (Å²) in [5.41, 5.74) is -0.513. The Labute approximate surface area is 68.2 Å². The molecule has 11 heavy (non-hydrogen) atoms. The largest absolute Gasteiger partial charge is 0.396 e. The summed E-state index contributed by atoms with van der Waals surface area (Å²) in [6.45, 7) is 2.09. The van der Waals surface area contributed by atoms with Crippen molar-refractivity contribution in [2.75, 3.05) is 6.61 Å². The molecule has 0 heterocycles. The lowest BCUT2D eigenvalue weighted by Gasteiger charge is -2.39. The van der Waals surface area contributed by atoms with Gasteiger partial charge in [0.15, 0.2) is 0 Å². The second kappa shape index (κ2) is 3.55. The molecular weight excluding hydrogens is 140 g/mol. The Kier molecular flexibility index (Phi) is 2.90. The minimum Gasteiger partial charge on any atom is -0.396 e. The van der Waals surface area contributed by atoms with Crippen molar-refractivity contribution in [1.82, 2.24) is 0 Å². The summed E-state index contributed by atoms with van der Waals surface area (Å²) in [5, 5.41) is 18.4. The first-order valence-corrected chi connectivity index (χ1v) is 4.50. The predicted octanol–water partition coefficient (Wildman–Crippen LogP) is 1.31. The molecule has 1 aliphatic carbocycles.